The lowest BCUT2D eigenvalue weighted by atomic mass is 10.1. The molecule has 2 aromatic rings. The smallest absolute Gasteiger partial charge is 0.166 e. The van der Waals surface area contributed by atoms with Crippen LogP contribution in [0.15, 0.2) is 36.4 Å². The van der Waals surface area contributed by atoms with Gasteiger partial charge in [-0.15, -0.1) is 0 Å². The fourth-order valence-electron chi connectivity index (χ4n) is 2.39. The van der Waals surface area contributed by atoms with Crippen molar-refractivity contribution in [2.24, 2.45) is 0 Å². The van der Waals surface area contributed by atoms with Gasteiger partial charge in [0.25, 0.3) is 0 Å². The number of ether oxygens (including phenoxy) is 2. The molecule has 0 aliphatic carbocycles. The van der Waals surface area contributed by atoms with Gasteiger partial charge in [0.15, 0.2) is 11.5 Å². The number of nitrogens with one attached hydrogen (secondary N) is 1. The maximum atomic E-state index is 8.83. The molecular formula is C19H23Cl2NO3. The quantitative estimate of drug-likeness (QED) is 0.595. The molecular weight excluding hydrogens is 361 g/mol. The summed E-state index contributed by atoms with van der Waals surface area (Å²) in [6.45, 7) is 2.09. The molecule has 4 nitrogen and oxygen atoms in total. The molecule has 2 rings (SSSR count). The molecule has 0 saturated carbocycles. The maximum absolute atomic E-state index is 8.83. The van der Waals surface area contributed by atoms with Gasteiger partial charge in [0.1, 0.15) is 6.61 Å². The van der Waals surface area contributed by atoms with Crippen molar-refractivity contribution in [1.82, 2.24) is 5.32 Å². The third-order valence-electron chi connectivity index (χ3n) is 3.72. The van der Waals surface area contributed by atoms with Crippen LogP contribution in [0, 0.1) is 0 Å². The summed E-state index contributed by atoms with van der Waals surface area (Å²) in [5, 5.41) is 13.2. The average molecular weight is 384 g/mol. The second-order valence-electron chi connectivity index (χ2n) is 5.59. The highest BCUT2D eigenvalue weighted by atomic mass is 35.5. The zero-order valence-electron chi connectivity index (χ0n) is 14.2. The Bertz CT molecular complexity index is 680. The van der Waals surface area contributed by atoms with E-state index in [0.717, 1.165) is 30.5 Å². The van der Waals surface area contributed by atoms with E-state index in [1.807, 2.05) is 24.3 Å². The fourth-order valence-corrected chi connectivity index (χ4v) is 2.72. The number of hydrogen-bond acceptors (Lipinski definition) is 4. The molecule has 2 aromatic carbocycles. The first kappa shape index (κ1) is 19.9. The van der Waals surface area contributed by atoms with Crippen LogP contribution in [0.2, 0.25) is 10.0 Å². The number of para-hydroxylation sites is 1. The van der Waals surface area contributed by atoms with Gasteiger partial charge in [-0.05, 0) is 43.1 Å². The van der Waals surface area contributed by atoms with Gasteiger partial charge in [-0.25, -0.2) is 0 Å². The monoisotopic (exact) mass is 383 g/mol. The van der Waals surface area contributed by atoms with Gasteiger partial charge in [0, 0.05) is 18.7 Å². The molecule has 0 amide bonds. The molecule has 0 atom stereocenters. The highest BCUT2D eigenvalue weighted by molar-refractivity contribution is 6.42. The van der Waals surface area contributed by atoms with Crippen LogP contribution in [0.5, 0.6) is 11.5 Å². The molecule has 0 aliphatic heterocycles. The number of halogens is 2. The summed E-state index contributed by atoms with van der Waals surface area (Å²) in [4.78, 5) is 0. The van der Waals surface area contributed by atoms with Crippen LogP contribution in [0.25, 0.3) is 0 Å². The van der Waals surface area contributed by atoms with Crippen molar-refractivity contribution >= 4 is 23.2 Å². The van der Waals surface area contributed by atoms with Gasteiger partial charge in [-0.3, -0.25) is 0 Å². The number of aliphatic hydroxyl groups excluding tert-OH is 1. The molecule has 0 radical (unpaired) electrons. The van der Waals surface area contributed by atoms with E-state index in [1.165, 1.54) is 0 Å². The normalized spacial score (nSPS) is 10.7. The number of benzene rings is 2. The lowest BCUT2D eigenvalue weighted by Crippen LogP contribution is -2.16. The zero-order chi connectivity index (χ0) is 18.1. The van der Waals surface area contributed by atoms with Gasteiger partial charge in [-0.1, -0.05) is 41.4 Å². The van der Waals surface area contributed by atoms with Crippen molar-refractivity contribution in [3.63, 3.8) is 0 Å². The van der Waals surface area contributed by atoms with Crippen LogP contribution >= 0.6 is 23.2 Å². The zero-order valence-corrected chi connectivity index (χ0v) is 15.7. The lowest BCUT2D eigenvalue weighted by Gasteiger charge is -2.16. The second kappa shape index (κ2) is 10.5. The Morgan fingerprint density at radius 3 is 2.64 bits per heavy atom. The van der Waals surface area contributed by atoms with E-state index < -0.39 is 0 Å². The van der Waals surface area contributed by atoms with Gasteiger partial charge < -0.3 is 19.9 Å². The predicted molar refractivity (Wildman–Crippen MR) is 102 cm³/mol. The molecule has 0 spiro atoms. The molecule has 0 fully saturated rings. The number of rotatable bonds is 10. The summed E-state index contributed by atoms with van der Waals surface area (Å²) in [5.41, 5.74) is 1.95. The Balaban J connectivity index is 2.04. The highest BCUT2D eigenvalue weighted by Gasteiger charge is 2.11. The first-order valence-electron chi connectivity index (χ1n) is 8.20. The maximum Gasteiger partial charge on any atom is 0.166 e. The minimum Gasteiger partial charge on any atom is -0.493 e. The minimum absolute atomic E-state index is 0.221. The van der Waals surface area contributed by atoms with E-state index in [1.54, 1.807) is 19.2 Å². The first-order valence-corrected chi connectivity index (χ1v) is 8.95. The molecule has 0 aromatic heterocycles. The summed E-state index contributed by atoms with van der Waals surface area (Å²) < 4.78 is 11.4. The first-order chi connectivity index (χ1) is 12.2. The molecule has 25 heavy (non-hydrogen) atoms. The van der Waals surface area contributed by atoms with Crippen molar-refractivity contribution in [2.75, 3.05) is 20.3 Å². The molecule has 0 saturated heterocycles. The summed E-state index contributed by atoms with van der Waals surface area (Å²) in [6, 6.07) is 11.3. The summed E-state index contributed by atoms with van der Waals surface area (Å²) in [5.74, 6) is 1.40. The molecule has 0 bridgehead atoms. The lowest BCUT2D eigenvalue weighted by molar-refractivity contribution is 0.279. The highest BCUT2D eigenvalue weighted by Crippen LogP contribution is 2.32. The van der Waals surface area contributed by atoms with Crippen molar-refractivity contribution in [3.8, 4) is 11.5 Å². The van der Waals surface area contributed by atoms with Crippen molar-refractivity contribution < 1.29 is 14.6 Å². The standard InChI is InChI=1S/C19H23Cl2NO3/c1-24-18-6-4-5-15(12-22-9-2-3-10-23)19(18)25-13-14-7-8-16(20)17(21)11-14/h4-8,11,22-23H,2-3,9-10,12-13H2,1H3. The summed E-state index contributed by atoms with van der Waals surface area (Å²) >= 11 is 12.0. The van der Waals surface area contributed by atoms with Crippen molar-refractivity contribution in [1.29, 1.82) is 0 Å². The molecule has 0 unspecified atom stereocenters. The van der Waals surface area contributed by atoms with Gasteiger partial charge in [0.05, 0.1) is 17.2 Å². The van der Waals surface area contributed by atoms with Crippen molar-refractivity contribution in [3.05, 3.63) is 57.6 Å². The molecule has 2 N–H and O–H groups in total. The number of methoxy groups -OCH3 is 1. The van der Waals surface area contributed by atoms with E-state index in [9.17, 15) is 0 Å². The molecule has 0 aliphatic rings. The Morgan fingerprint density at radius 1 is 1.08 bits per heavy atom. The summed E-state index contributed by atoms with van der Waals surface area (Å²) in [7, 11) is 1.62. The predicted octanol–water partition coefficient (Wildman–Crippen LogP) is 4.44. The number of hydrogen-bond donors (Lipinski definition) is 2. The van der Waals surface area contributed by atoms with E-state index in [-0.39, 0.29) is 6.61 Å². The molecule has 0 heterocycles. The topological polar surface area (TPSA) is 50.7 Å². The molecule has 136 valence electrons. The SMILES string of the molecule is COc1cccc(CNCCCCO)c1OCc1ccc(Cl)c(Cl)c1. The van der Waals surface area contributed by atoms with Crippen LogP contribution in [0.4, 0.5) is 0 Å². The third-order valence-corrected chi connectivity index (χ3v) is 4.46. The molecule has 6 heteroatoms. The Hall–Kier alpha value is -1.46. The van der Waals surface area contributed by atoms with Crippen LogP contribution in [-0.4, -0.2) is 25.4 Å². The number of aliphatic hydroxyl groups is 1. The second-order valence-corrected chi connectivity index (χ2v) is 6.41. The Morgan fingerprint density at radius 2 is 1.92 bits per heavy atom. The Kier molecular flexibility index (Phi) is 8.35. The van der Waals surface area contributed by atoms with Crippen LogP contribution in [0.3, 0.4) is 0 Å². The van der Waals surface area contributed by atoms with Gasteiger partial charge >= 0.3 is 0 Å². The van der Waals surface area contributed by atoms with E-state index >= 15 is 0 Å². The average Bonchev–Trinajstić information content (AvgIpc) is 2.62. The minimum atomic E-state index is 0.221. The van der Waals surface area contributed by atoms with E-state index in [2.05, 4.69) is 5.32 Å². The van der Waals surface area contributed by atoms with Crippen LogP contribution < -0.4 is 14.8 Å². The number of unbranched alkanes of at least 4 members (excludes halogenated alkanes) is 1. The van der Waals surface area contributed by atoms with Crippen LogP contribution in [-0.2, 0) is 13.2 Å². The van der Waals surface area contributed by atoms with E-state index in [4.69, 9.17) is 37.8 Å². The van der Waals surface area contributed by atoms with Gasteiger partial charge in [-0.2, -0.15) is 0 Å². The third kappa shape index (κ3) is 6.08. The van der Waals surface area contributed by atoms with E-state index in [0.29, 0.717) is 34.7 Å². The van der Waals surface area contributed by atoms with Crippen LogP contribution in [0.1, 0.15) is 24.0 Å². The van der Waals surface area contributed by atoms with Gasteiger partial charge in [0.2, 0.25) is 0 Å². The fraction of sp³-hybridized carbons (Fsp3) is 0.368. The summed E-state index contributed by atoms with van der Waals surface area (Å²) in [6.07, 6.45) is 1.73. The largest absolute Gasteiger partial charge is 0.493 e. The Labute approximate surface area is 158 Å². The van der Waals surface area contributed by atoms with Crippen molar-refractivity contribution in [2.45, 2.75) is 26.0 Å².